The summed E-state index contributed by atoms with van der Waals surface area (Å²) in [5, 5.41) is 13.8. The highest BCUT2D eigenvalue weighted by Gasteiger charge is 2.20. The summed E-state index contributed by atoms with van der Waals surface area (Å²) >= 11 is 0. The average molecular weight is 285 g/mol. The Labute approximate surface area is 118 Å². The molecule has 1 saturated carbocycles. The van der Waals surface area contributed by atoms with Gasteiger partial charge >= 0.3 is 12.0 Å². The van der Waals surface area contributed by atoms with E-state index in [0.29, 0.717) is 0 Å². The number of hydrogen-bond acceptors (Lipinski definition) is 4. The minimum absolute atomic E-state index is 0.0882. The summed E-state index contributed by atoms with van der Waals surface area (Å²) in [5.41, 5.74) is 0. The Morgan fingerprint density at radius 2 is 1.80 bits per heavy atom. The molecular formula is C13H23N3O4. The molecule has 0 heterocycles. The van der Waals surface area contributed by atoms with Crippen molar-refractivity contribution in [2.75, 3.05) is 13.1 Å². The predicted octanol–water partition coefficient (Wildman–Crippen LogP) is 0.550. The lowest BCUT2D eigenvalue weighted by Crippen LogP contribution is -2.49. The highest BCUT2D eigenvalue weighted by Crippen LogP contribution is 2.17. The van der Waals surface area contributed by atoms with Crippen LogP contribution >= 0.6 is 0 Å². The fourth-order valence-electron chi connectivity index (χ4n) is 2.24. The van der Waals surface area contributed by atoms with Crippen LogP contribution in [0.15, 0.2) is 0 Å². The van der Waals surface area contributed by atoms with Crippen LogP contribution in [0.5, 0.6) is 0 Å². The van der Waals surface area contributed by atoms with Crippen LogP contribution in [0.4, 0.5) is 4.79 Å². The van der Waals surface area contributed by atoms with Crippen LogP contribution < -0.4 is 10.6 Å². The number of rotatable bonds is 6. The second-order valence-electron chi connectivity index (χ2n) is 5.40. The minimum atomic E-state index is -0.998. The molecule has 0 aromatic rings. The van der Waals surface area contributed by atoms with Crippen LogP contribution in [0.25, 0.3) is 0 Å². The standard InChI is InChI=1S/C13H23N3O4/c1-9(2)16(8-12(18)19)7-11(17)15-13(20)14-10-5-3-4-6-10/h9-10H,3-8H2,1-2H3,(H,18,19)(H2,14,15,17,20). The number of aliphatic carboxylic acids is 1. The van der Waals surface area contributed by atoms with Crippen molar-refractivity contribution in [3.63, 3.8) is 0 Å². The molecule has 0 atom stereocenters. The Kier molecular flexibility index (Phi) is 6.44. The van der Waals surface area contributed by atoms with Gasteiger partial charge in [-0.25, -0.2) is 4.79 Å². The van der Waals surface area contributed by atoms with E-state index in [-0.39, 0.29) is 25.2 Å². The van der Waals surface area contributed by atoms with Gasteiger partial charge in [0.2, 0.25) is 5.91 Å². The number of nitrogens with one attached hydrogen (secondary N) is 2. The number of amides is 3. The summed E-state index contributed by atoms with van der Waals surface area (Å²) in [4.78, 5) is 35.5. The Balaban J connectivity index is 2.36. The van der Waals surface area contributed by atoms with E-state index in [2.05, 4.69) is 10.6 Å². The molecule has 0 aromatic carbocycles. The summed E-state index contributed by atoms with van der Waals surface area (Å²) in [7, 11) is 0. The summed E-state index contributed by atoms with van der Waals surface area (Å²) in [6.45, 7) is 3.26. The quantitative estimate of drug-likeness (QED) is 0.662. The molecule has 1 rings (SSSR count). The molecule has 7 heteroatoms. The van der Waals surface area contributed by atoms with Crippen molar-refractivity contribution in [2.45, 2.75) is 51.6 Å². The lowest BCUT2D eigenvalue weighted by atomic mass is 10.2. The first-order chi connectivity index (χ1) is 9.38. The zero-order chi connectivity index (χ0) is 15.1. The van der Waals surface area contributed by atoms with Crippen LogP contribution in [0.1, 0.15) is 39.5 Å². The first kappa shape index (κ1) is 16.4. The number of carboxylic acid groups (broad SMARTS) is 1. The molecule has 7 nitrogen and oxygen atoms in total. The number of urea groups is 1. The maximum absolute atomic E-state index is 11.7. The van der Waals surface area contributed by atoms with E-state index in [9.17, 15) is 14.4 Å². The molecule has 0 unspecified atom stereocenters. The van der Waals surface area contributed by atoms with E-state index in [4.69, 9.17) is 5.11 Å². The van der Waals surface area contributed by atoms with Crippen molar-refractivity contribution in [1.29, 1.82) is 0 Å². The number of carboxylic acids is 1. The van der Waals surface area contributed by atoms with Gasteiger partial charge in [0.05, 0.1) is 13.1 Å². The second kappa shape index (κ2) is 7.84. The van der Waals surface area contributed by atoms with Crippen LogP contribution in [-0.2, 0) is 9.59 Å². The lowest BCUT2D eigenvalue weighted by Gasteiger charge is -2.23. The molecule has 1 fully saturated rings. The van der Waals surface area contributed by atoms with Crippen molar-refractivity contribution in [1.82, 2.24) is 15.5 Å². The number of nitrogens with zero attached hydrogens (tertiary/aromatic N) is 1. The van der Waals surface area contributed by atoms with Gasteiger partial charge in [-0.2, -0.15) is 0 Å². The lowest BCUT2D eigenvalue weighted by molar-refractivity contribution is -0.139. The van der Waals surface area contributed by atoms with E-state index in [1.807, 2.05) is 0 Å². The van der Waals surface area contributed by atoms with Crippen molar-refractivity contribution in [3.05, 3.63) is 0 Å². The fraction of sp³-hybridized carbons (Fsp3) is 0.769. The van der Waals surface area contributed by atoms with Crippen molar-refractivity contribution < 1.29 is 19.5 Å². The van der Waals surface area contributed by atoms with Crippen LogP contribution in [-0.4, -0.2) is 53.1 Å². The summed E-state index contributed by atoms with van der Waals surface area (Å²) in [5.74, 6) is -1.49. The SMILES string of the molecule is CC(C)N(CC(=O)O)CC(=O)NC(=O)NC1CCCC1. The van der Waals surface area contributed by atoms with Gasteiger partial charge in [-0.3, -0.25) is 19.8 Å². The summed E-state index contributed by atoms with van der Waals surface area (Å²) in [6.07, 6.45) is 4.08. The molecule has 3 amide bonds. The average Bonchev–Trinajstić information content (AvgIpc) is 2.79. The third-order valence-corrected chi connectivity index (χ3v) is 3.36. The molecule has 20 heavy (non-hydrogen) atoms. The molecule has 3 N–H and O–H groups in total. The number of imide groups is 1. The molecule has 1 aliphatic rings. The van der Waals surface area contributed by atoms with E-state index in [1.54, 1.807) is 13.8 Å². The maximum atomic E-state index is 11.7. The fourth-order valence-corrected chi connectivity index (χ4v) is 2.24. The summed E-state index contributed by atoms with van der Waals surface area (Å²) in [6, 6.07) is -0.446. The third kappa shape index (κ3) is 6.01. The Morgan fingerprint density at radius 3 is 2.30 bits per heavy atom. The molecule has 1 aliphatic carbocycles. The molecule has 0 radical (unpaired) electrons. The second-order valence-corrected chi connectivity index (χ2v) is 5.40. The van der Waals surface area contributed by atoms with Gasteiger partial charge in [-0.1, -0.05) is 12.8 Å². The Hall–Kier alpha value is -1.63. The molecule has 0 spiro atoms. The molecular weight excluding hydrogens is 262 g/mol. The Bertz CT molecular complexity index is 365. The number of carbonyl (C=O) groups is 3. The predicted molar refractivity (Wildman–Crippen MR) is 73.3 cm³/mol. The first-order valence-electron chi connectivity index (χ1n) is 6.94. The van der Waals surface area contributed by atoms with E-state index < -0.39 is 17.9 Å². The van der Waals surface area contributed by atoms with Crippen LogP contribution in [0.2, 0.25) is 0 Å². The number of hydrogen-bond donors (Lipinski definition) is 3. The monoisotopic (exact) mass is 285 g/mol. The normalized spacial score (nSPS) is 15.6. The first-order valence-corrected chi connectivity index (χ1v) is 6.94. The van der Waals surface area contributed by atoms with Gasteiger partial charge in [0, 0.05) is 12.1 Å². The highest BCUT2D eigenvalue weighted by atomic mass is 16.4. The van der Waals surface area contributed by atoms with Crippen LogP contribution in [0, 0.1) is 0 Å². The van der Waals surface area contributed by atoms with Gasteiger partial charge in [0.15, 0.2) is 0 Å². The van der Waals surface area contributed by atoms with E-state index >= 15 is 0 Å². The van der Waals surface area contributed by atoms with Crippen molar-refractivity contribution >= 4 is 17.9 Å². The van der Waals surface area contributed by atoms with Crippen LogP contribution in [0.3, 0.4) is 0 Å². The zero-order valence-electron chi connectivity index (χ0n) is 12.0. The Morgan fingerprint density at radius 1 is 1.20 bits per heavy atom. The molecule has 114 valence electrons. The molecule has 0 aromatic heterocycles. The van der Waals surface area contributed by atoms with Gasteiger partial charge in [-0.05, 0) is 26.7 Å². The van der Waals surface area contributed by atoms with Crippen molar-refractivity contribution in [2.24, 2.45) is 0 Å². The van der Waals surface area contributed by atoms with Crippen molar-refractivity contribution in [3.8, 4) is 0 Å². The molecule has 0 aliphatic heterocycles. The maximum Gasteiger partial charge on any atom is 0.321 e. The largest absolute Gasteiger partial charge is 0.480 e. The molecule has 0 bridgehead atoms. The summed E-state index contributed by atoms with van der Waals surface area (Å²) < 4.78 is 0. The van der Waals surface area contributed by atoms with Gasteiger partial charge in [0.1, 0.15) is 0 Å². The van der Waals surface area contributed by atoms with E-state index in [1.165, 1.54) is 4.90 Å². The zero-order valence-corrected chi connectivity index (χ0v) is 12.0. The smallest absolute Gasteiger partial charge is 0.321 e. The number of carbonyl (C=O) groups excluding carboxylic acids is 2. The minimum Gasteiger partial charge on any atom is -0.480 e. The highest BCUT2D eigenvalue weighted by molar-refractivity contribution is 5.95. The topological polar surface area (TPSA) is 98.7 Å². The van der Waals surface area contributed by atoms with Gasteiger partial charge in [-0.15, -0.1) is 0 Å². The molecule has 0 saturated heterocycles. The van der Waals surface area contributed by atoms with Gasteiger partial charge < -0.3 is 10.4 Å². The third-order valence-electron chi connectivity index (χ3n) is 3.36. The van der Waals surface area contributed by atoms with Gasteiger partial charge in [0.25, 0.3) is 0 Å². The van der Waals surface area contributed by atoms with E-state index in [0.717, 1.165) is 25.7 Å².